The van der Waals surface area contributed by atoms with Crippen LogP contribution in [0, 0.1) is 0 Å². The number of aromatic nitrogens is 1. The van der Waals surface area contributed by atoms with Gasteiger partial charge in [-0.3, -0.25) is 14.7 Å². The number of hydrogen-bond acceptors (Lipinski definition) is 7. The first kappa shape index (κ1) is 30.6. The molecule has 1 amide bonds. The smallest absolute Gasteiger partial charge is 0.475 e. The van der Waals surface area contributed by atoms with Crippen LogP contribution in [0.15, 0.2) is 47.3 Å². The molecule has 210 valence electrons. The van der Waals surface area contributed by atoms with Crippen LogP contribution in [0.3, 0.4) is 0 Å². The van der Waals surface area contributed by atoms with Gasteiger partial charge in [-0.15, -0.1) is 0 Å². The van der Waals surface area contributed by atoms with Crippen LogP contribution in [0.25, 0.3) is 0 Å². The van der Waals surface area contributed by atoms with E-state index in [9.17, 15) is 31.1 Å². The molecule has 0 atom stereocenters. The Morgan fingerprint density at radius 2 is 1.58 bits per heavy atom. The van der Waals surface area contributed by atoms with Gasteiger partial charge in [0.05, 0.1) is 36.8 Å². The summed E-state index contributed by atoms with van der Waals surface area (Å²) in [6.07, 6.45) is -3.17. The van der Waals surface area contributed by atoms with E-state index in [2.05, 4.69) is 9.88 Å². The number of amides is 1. The number of furan rings is 1. The van der Waals surface area contributed by atoms with Crippen molar-refractivity contribution in [1.29, 1.82) is 0 Å². The standard InChI is InChI=1S/C18H21N3O3.2C2HF3O2/c22-17-13-24-18(14-21(17)15-3-1-7-19-11-15)5-8-20(9-6-18)12-16-4-2-10-23-16;2*3-2(4,5)1(6)7/h1-4,7,10-11H,5-6,8-9,12-14H2;2*(H,6,7). The summed E-state index contributed by atoms with van der Waals surface area (Å²) in [4.78, 5) is 38.4. The second-order valence-electron chi connectivity index (χ2n) is 8.12. The number of alkyl halides is 6. The van der Waals surface area contributed by atoms with E-state index in [1.807, 2.05) is 29.2 Å². The Labute approximate surface area is 211 Å². The lowest BCUT2D eigenvalue weighted by atomic mass is 9.89. The Hall–Kier alpha value is -3.66. The molecule has 0 saturated carbocycles. The number of morpholine rings is 1. The average molecular weight is 555 g/mol. The summed E-state index contributed by atoms with van der Waals surface area (Å²) in [5.41, 5.74) is 0.604. The molecule has 2 fully saturated rings. The lowest BCUT2D eigenvalue weighted by Gasteiger charge is -2.46. The first-order valence-corrected chi connectivity index (χ1v) is 10.8. The van der Waals surface area contributed by atoms with Gasteiger partial charge in [-0.25, -0.2) is 9.59 Å². The van der Waals surface area contributed by atoms with Gasteiger partial charge >= 0.3 is 24.3 Å². The average Bonchev–Trinajstić information content (AvgIpc) is 3.36. The van der Waals surface area contributed by atoms with E-state index in [-0.39, 0.29) is 18.1 Å². The normalized spacial score (nSPS) is 17.6. The second kappa shape index (κ2) is 12.7. The largest absolute Gasteiger partial charge is 0.490 e. The summed E-state index contributed by atoms with van der Waals surface area (Å²) in [5, 5.41) is 14.2. The van der Waals surface area contributed by atoms with Gasteiger partial charge in [0, 0.05) is 19.3 Å². The van der Waals surface area contributed by atoms with Gasteiger partial charge in [-0.1, -0.05) is 0 Å². The minimum atomic E-state index is -5.08. The van der Waals surface area contributed by atoms with Crippen LogP contribution in [0.5, 0.6) is 0 Å². The van der Waals surface area contributed by atoms with Crippen LogP contribution in [0.4, 0.5) is 32.0 Å². The molecular formula is C22H23F6N3O7. The molecule has 0 aromatic carbocycles. The summed E-state index contributed by atoms with van der Waals surface area (Å²) < 4.78 is 74.9. The fourth-order valence-electron chi connectivity index (χ4n) is 3.51. The molecule has 0 unspecified atom stereocenters. The van der Waals surface area contributed by atoms with Gasteiger partial charge in [-0.2, -0.15) is 26.3 Å². The van der Waals surface area contributed by atoms with Gasteiger partial charge in [0.25, 0.3) is 5.91 Å². The maximum atomic E-state index is 12.2. The minimum absolute atomic E-state index is 0.00615. The fourth-order valence-corrected chi connectivity index (χ4v) is 3.51. The third-order valence-electron chi connectivity index (χ3n) is 5.42. The van der Waals surface area contributed by atoms with Gasteiger partial charge in [0.2, 0.25) is 0 Å². The third kappa shape index (κ3) is 9.33. The van der Waals surface area contributed by atoms with E-state index in [4.69, 9.17) is 29.0 Å². The Morgan fingerprint density at radius 1 is 1.00 bits per heavy atom. The van der Waals surface area contributed by atoms with Crippen LogP contribution in [0.1, 0.15) is 18.6 Å². The van der Waals surface area contributed by atoms with Gasteiger partial charge in [0.1, 0.15) is 12.4 Å². The molecule has 2 aliphatic heterocycles. The van der Waals surface area contributed by atoms with Crippen molar-refractivity contribution in [3.05, 3.63) is 48.7 Å². The number of pyridine rings is 1. The molecule has 2 aliphatic rings. The zero-order chi connectivity index (χ0) is 28.6. The lowest BCUT2D eigenvalue weighted by molar-refractivity contribution is -0.193. The number of piperidine rings is 1. The number of carboxylic acid groups (broad SMARTS) is 2. The van der Waals surface area contributed by atoms with Crippen LogP contribution in [0.2, 0.25) is 0 Å². The highest BCUT2D eigenvalue weighted by atomic mass is 19.4. The predicted molar refractivity (Wildman–Crippen MR) is 116 cm³/mol. The zero-order valence-corrected chi connectivity index (χ0v) is 19.5. The van der Waals surface area contributed by atoms with Crippen molar-refractivity contribution in [1.82, 2.24) is 9.88 Å². The van der Waals surface area contributed by atoms with Crippen molar-refractivity contribution in [2.45, 2.75) is 37.3 Å². The van der Waals surface area contributed by atoms with Crippen molar-refractivity contribution in [2.75, 3.05) is 31.1 Å². The van der Waals surface area contributed by atoms with Crippen LogP contribution in [-0.4, -0.2) is 82.1 Å². The van der Waals surface area contributed by atoms with Crippen LogP contribution < -0.4 is 4.90 Å². The second-order valence-corrected chi connectivity index (χ2v) is 8.12. The molecule has 2 aromatic heterocycles. The molecule has 0 radical (unpaired) electrons. The maximum Gasteiger partial charge on any atom is 0.490 e. The van der Waals surface area contributed by atoms with Crippen molar-refractivity contribution in [3.63, 3.8) is 0 Å². The first-order chi connectivity index (χ1) is 17.6. The molecular weight excluding hydrogens is 532 g/mol. The molecule has 1 spiro atoms. The molecule has 4 rings (SSSR count). The summed E-state index contributed by atoms with van der Waals surface area (Å²) >= 11 is 0. The molecule has 2 saturated heterocycles. The number of ether oxygens (including phenoxy) is 1. The van der Waals surface area contributed by atoms with E-state index in [1.54, 1.807) is 18.7 Å². The number of hydrogen-bond donors (Lipinski definition) is 2. The molecule has 2 N–H and O–H groups in total. The summed E-state index contributed by atoms with van der Waals surface area (Å²) in [6.45, 7) is 3.46. The van der Waals surface area contributed by atoms with Crippen molar-refractivity contribution in [3.8, 4) is 0 Å². The Bertz CT molecular complexity index is 1030. The molecule has 16 heteroatoms. The van der Waals surface area contributed by atoms with Crippen molar-refractivity contribution >= 4 is 23.5 Å². The van der Waals surface area contributed by atoms with E-state index in [0.29, 0.717) is 6.54 Å². The molecule has 4 heterocycles. The summed E-state index contributed by atoms with van der Waals surface area (Å²) in [6, 6.07) is 7.71. The van der Waals surface area contributed by atoms with E-state index in [0.717, 1.165) is 43.9 Å². The minimum Gasteiger partial charge on any atom is -0.475 e. The van der Waals surface area contributed by atoms with E-state index >= 15 is 0 Å². The third-order valence-corrected chi connectivity index (χ3v) is 5.42. The molecule has 0 aliphatic carbocycles. The molecule has 10 nitrogen and oxygen atoms in total. The maximum absolute atomic E-state index is 12.2. The van der Waals surface area contributed by atoms with Crippen molar-refractivity contribution in [2.24, 2.45) is 0 Å². The number of aliphatic carboxylic acids is 2. The number of carbonyl (C=O) groups excluding carboxylic acids is 1. The van der Waals surface area contributed by atoms with Gasteiger partial charge < -0.3 is 24.3 Å². The lowest BCUT2D eigenvalue weighted by Crippen LogP contribution is -2.58. The highest BCUT2D eigenvalue weighted by Crippen LogP contribution is 2.33. The predicted octanol–water partition coefficient (Wildman–Crippen LogP) is 3.34. The quantitative estimate of drug-likeness (QED) is 0.547. The Morgan fingerprint density at radius 3 is 2.03 bits per heavy atom. The van der Waals surface area contributed by atoms with Gasteiger partial charge in [0.15, 0.2) is 0 Å². The van der Waals surface area contributed by atoms with Crippen LogP contribution >= 0.6 is 0 Å². The Kier molecular flexibility index (Phi) is 10.2. The molecule has 2 aromatic rings. The monoisotopic (exact) mass is 555 g/mol. The number of likely N-dealkylation sites (tertiary alicyclic amines) is 1. The molecule has 38 heavy (non-hydrogen) atoms. The van der Waals surface area contributed by atoms with Crippen molar-refractivity contribution < 1.29 is 60.1 Å². The number of carboxylic acids is 2. The first-order valence-electron chi connectivity index (χ1n) is 10.8. The zero-order valence-electron chi connectivity index (χ0n) is 19.5. The summed E-state index contributed by atoms with van der Waals surface area (Å²) in [7, 11) is 0. The molecule has 0 bridgehead atoms. The highest BCUT2D eigenvalue weighted by molar-refractivity contribution is 5.95. The van der Waals surface area contributed by atoms with Crippen LogP contribution in [-0.2, 0) is 25.7 Å². The number of halogens is 6. The number of anilines is 1. The van der Waals surface area contributed by atoms with E-state index < -0.39 is 24.3 Å². The van der Waals surface area contributed by atoms with E-state index in [1.165, 1.54) is 0 Å². The SMILES string of the molecule is O=C(O)C(F)(F)F.O=C(O)C(F)(F)F.O=C1COC2(CCN(Cc3ccco3)CC2)CN1c1cccnc1. The topological polar surface area (TPSA) is 133 Å². The summed E-state index contributed by atoms with van der Waals surface area (Å²) in [5.74, 6) is -4.52. The number of rotatable bonds is 3. The highest BCUT2D eigenvalue weighted by Gasteiger charge is 2.43. The number of carbonyl (C=O) groups is 3. The fraction of sp³-hybridized carbons (Fsp3) is 0.455. The Balaban J connectivity index is 0.000000301. The van der Waals surface area contributed by atoms with Gasteiger partial charge in [-0.05, 0) is 37.1 Å². The number of nitrogens with zero attached hydrogens (tertiary/aromatic N) is 3.